The Bertz CT molecular complexity index is 510. The Hall–Kier alpha value is 0.460. The average Bonchev–Trinajstić information content (AvgIpc) is 2.57. The third-order valence-corrected chi connectivity index (χ3v) is 5.21. The van der Waals surface area contributed by atoms with Gasteiger partial charge in [-0.1, -0.05) is 23.7 Å². The van der Waals surface area contributed by atoms with Crippen LogP contribution in [0.4, 0.5) is 0 Å². The van der Waals surface area contributed by atoms with Crippen LogP contribution in [0.1, 0.15) is 16.5 Å². The first-order valence-electron chi connectivity index (χ1n) is 4.42. The Morgan fingerprint density at radius 3 is 2.50 bits per heavy atom. The molecule has 5 heteroatoms. The highest BCUT2D eigenvalue weighted by molar-refractivity contribution is 9.12. The molecule has 0 saturated carbocycles. The van der Waals surface area contributed by atoms with Gasteiger partial charge in [-0.2, -0.15) is 0 Å². The van der Waals surface area contributed by atoms with Crippen molar-refractivity contribution in [2.45, 2.75) is 5.38 Å². The maximum Gasteiger partial charge on any atom is 0.0855 e. The molecule has 2 aromatic rings. The second-order valence-corrected chi connectivity index (χ2v) is 7.82. The Morgan fingerprint density at radius 1 is 1.19 bits per heavy atom. The molecule has 1 unspecified atom stereocenters. The Balaban J connectivity index is 2.38. The van der Waals surface area contributed by atoms with E-state index in [1.165, 1.54) is 0 Å². The number of halogens is 4. The van der Waals surface area contributed by atoms with Gasteiger partial charge in [0.15, 0.2) is 0 Å². The maximum absolute atomic E-state index is 6.42. The molecule has 0 radical (unpaired) electrons. The number of alkyl halides is 1. The van der Waals surface area contributed by atoms with Crippen molar-refractivity contribution in [3.05, 3.63) is 54.1 Å². The van der Waals surface area contributed by atoms with Crippen LogP contribution >= 0.6 is 66.4 Å². The van der Waals surface area contributed by atoms with Gasteiger partial charge < -0.3 is 0 Å². The van der Waals surface area contributed by atoms with E-state index in [0.717, 1.165) is 18.7 Å². The SMILES string of the molecule is Clc1cccc(C(Cl)c2cc(Br)sc2Br)c1. The van der Waals surface area contributed by atoms with Crippen molar-refractivity contribution in [3.63, 3.8) is 0 Å². The van der Waals surface area contributed by atoms with Crippen molar-refractivity contribution in [1.82, 2.24) is 0 Å². The predicted molar refractivity (Wildman–Crippen MR) is 78.9 cm³/mol. The summed E-state index contributed by atoms with van der Waals surface area (Å²) in [6.07, 6.45) is 0. The van der Waals surface area contributed by atoms with E-state index in [-0.39, 0.29) is 5.38 Å². The highest BCUT2D eigenvalue weighted by atomic mass is 79.9. The zero-order chi connectivity index (χ0) is 11.7. The molecule has 1 heterocycles. The first kappa shape index (κ1) is 12.9. The fourth-order valence-electron chi connectivity index (χ4n) is 1.37. The Morgan fingerprint density at radius 2 is 1.94 bits per heavy atom. The van der Waals surface area contributed by atoms with Crippen LogP contribution in [0.5, 0.6) is 0 Å². The van der Waals surface area contributed by atoms with Gasteiger partial charge in [0.1, 0.15) is 0 Å². The summed E-state index contributed by atoms with van der Waals surface area (Å²) in [6, 6.07) is 9.63. The molecule has 0 fully saturated rings. The van der Waals surface area contributed by atoms with E-state index in [1.54, 1.807) is 11.3 Å². The zero-order valence-corrected chi connectivity index (χ0v) is 13.4. The number of benzene rings is 1. The molecule has 84 valence electrons. The van der Waals surface area contributed by atoms with Gasteiger partial charge in [-0.05, 0) is 55.6 Å². The lowest BCUT2D eigenvalue weighted by atomic mass is 10.1. The van der Waals surface area contributed by atoms with E-state index in [4.69, 9.17) is 23.2 Å². The summed E-state index contributed by atoms with van der Waals surface area (Å²) in [6.45, 7) is 0. The van der Waals surface area contributed by atoms with Crippen LogP contribution in [0.2, 0.25) is 5.02 Å². The van der Waals surface area contributed by atoms with Crippen molar-refractivity contribution >= 4 is 66.4 Å². The van der Waals surface area contributed by atoms with Crippen molar-refractivity contribution < 1.29 is 0 Å². The van der Waals surface area contributed by atoms with Crippen LogP contribution in [0.15, 0.2) is 37.9 Å². The minimum atomic E-state index is -0.185. The normalized spacial score (nSPS) is 12.8. The second kappa shape index (κ2) is 5.40. The zero-order valence-electron chi connectivity index (χ0n) is 7.88. The predicted octanol–water partition coefficient (Wildman–Crippen LogP) is 6.25. The van der Waals surface area contributed by atoms with E-state index in [9.17, 15) is 0 Å². The summed E-state index contributed by atoms with van der Waals surface area (Å²) < 4.78 is 2.10. The lowest BCUT2D eigenvalue weighted by molar-refractivity contribution is 1.15. The molecule has 0 aliphatic carbocycles. The molecule has 0 aliphatic rings. The highest BCUT2D eigenvalue weighted by Crippen LogP contribution is 2.41. The van der Waals surface area contributed by atoms with E-state index in [1.807, 2.05) is 30.3 Å². The fraction of sp³-hybridized carbons (Fsp3) is 0.0909. The topological polar surface area (TPSA) is 0 Å². The smallest absolute Gasteiger partial charge is 0.0855 e. The molecule has 0 spiro atoms. The summed E-state index contributed by atoms with van der Waals surface area (Å²) in [5.74, 6) is 0. The van der Waals surface area contributed by atoms with Crippen molar-refractivity contribution in [1.29, 1.82) is 0 Å². The Kier molecular flexibility index (Phi) is 4.36. The average molecular weight is 401 g/mol. The van der Waals surface area contributed by atoms with E-state index in [0.29, 0.717) is 5.02 Å². The fourth-order valence-corrected chi connectivity index (χ4v) is 4.97. The third-order valence-electron chi connectivity index (χ3n) is 2.10. The van der Waals surface area contributed by atoms with E-state index in [2.05, 4.69) is 31.9 Å². The number of hydrogen-bond acceptors (Lipinski definition) is 1. The monoisotopic (exact) mass is 398 g/mol. The lowest BCUT2D eigenvalue weighted by Gasteiger charge is -2.09. The minimum absolute atomic E-state index is 0.185. The molecule has 0 nitrogen and oxygen atoms in total. The van der Waals surface area contributed by atoms with Gasteiger partial charge in [0.05, 0.1) is 12.9 Å². The second-order valence-electron chi connectivity index (χ2n) is 3.20. The van der Waals surface area contributed by atoms with Crippen molar-refractivity contribution in [2.24, 2.45) is 0 Å². The van der Waals surface area contributed by atoms with Crippen LogP contribution in [-0.2, 0) is 0 Å². The molecule has 0 saturated heterocycles. The van der Waals surface area contributed by atoms with Crippen molar-refractivity contribution in [3.8, 4) is 0 Å². The first-order chi connectivity index (χ1) is 7.58. The van der Waals surface area contributed by atoms with Gasteiger partial charge in [-0.25, -0.2) is 0 Å². The number of thiophene rings is 1. The largest absolute Gasteiger partial charge is 0.121 e. The summed E-state index contributed by atoms with van der Waals surface area (Å²) in [4.78, 5) is 0. The van der Waals surface area contributed by atoms with Crippen LogP contribution in [0.25, 0.3) is 0 Å². The van der Waals surface area contributed by atoms with Gasteiger partial charge in [-0.3, -0.25) is 0 Å². The van der Waals surface area contributed by atoms with Crippen LogP contribution in [0, 0.1) is 0 Å². The van der Waals surface area contributed by atoms with Crippen molar-refractivity contribution in [2.75, 3.05) is 0 Å². The molecular formula is C11H6Br2Cl2S. The molecule has 0 N–H and O–H groups in total. The molecular weight excluding hydrogens is 395 g/mol. The minimum Gasteiger partial charge on any atom is -0.121 e. The molecule has 16 heavy (non-hydrogen) atoms. The number of hydrogen-bond donors (Lipinski definition) is 0. The molecule has 1 aromatic heterocycles. The first-order valence-corrected chi connectivity index (χ1v) is 7.64. The highest BCUT2D eigenvalue weighted by Gasteiger charge is 2.16. The third kappa shape index (κ3) is 2.82. The summed E-state index contributed by atoms with van der Waals surface area (Å²) >= 11 is 20.9. The van der Waals surface area contributed by atoms with Crippen LogP contribution < -0.4 is 0 Å². The van der Waals surface area contributed by atoms with Crippen LogP contribution in [-0.4, -0.2) is 0 Å². The standard InChI is InChI=1S/C11H6Br2Cl2S/c12-9-5-8(11(13)16-9)10(15)6-2-1-3-7(14)4-6/h1-5,10H. The number of rotatable bonds is 2. The van der Waals surface area contributed by atoms with Gasteiger partial charge >= 0.3 is 0 Å². The van der Waals surface area contributed by atoms with E-state index < -0.39 is 0 Å². The van der Waals surface area contributed by atoms with Gasteiger partial charge in [-0.15, -0.1) is 22.9 Å². The Labute approximate surface area is 125 Å². The quantitative estimate of drug-likeness (QED) is 0.522. The van der Waals surface area contributed by atoms with Gasteiger partial charge in [0.2, 0.25) is 0 Å². The maximum atomic E-state index is 6.42. The summed E-state index contributed by atoms with van der Waals surface area (Å²) in [5, 5.41) is 0.518. The molecule has 0 amide bonds. The van der Waals surface area contributed by atoms with Gasteiger partial charge in [0.25, 0.3) is 0 Å². The summed E-state index contributed by atoms with van der Waals surface area (Å²) in [7, 11) is 0. The van der Waals surface area contributed by atoms with E-state index >= 15 is 0 Å². The molecule has 2 rings (SSSR count). The molecule has 1 aromatic carbocycles. The molecule has 1 atom stereocenters. The van der Waals surface area contributed by atoms with Gasteiger partial charge in [0, 0.05) is 10.6 Å². The molecule has 0 bridgehead atoms. The lowest BCUT2D eigenvalue weighted by Crippen LogP contribution is -1.91. The molecule has 0 aliphatic heterocycles. The summed E-state index contributed by atoms with van der Waals surface area (Å²) in [5.41, 5.74) is 2.06. The van der Waals surface area contributed by atoms with Crippen LogP contribution in [0.3, 0.4) is 0 Å².